The van der Waals surface area contributed by atoms with Gasteiger partial charge in [-0.05, 0) is 46.8 Å². The number of amides is 1. The van der Waals surface area contributed by atoms with Crippen LogP contribution in [0.3, 0.4) is 0 Å². The highest BCUT2D eigenvalue weighted by Gasteiger charge is 2.27. The number of carbonyl (C=O) groups is 1. The van der Waals surface area contributed by atoms with Crippen molar-refractivity contribution in [3.8, 4) is 11.3 Å². The molecule has 0 bridgehead atoms. The van der Waals surface area contributed by atoms with E-state index < -0.39 is 0 Å². The maximum Gasteiger partial charge on any atom is 0.255 e. The summed E-state index contributed by atoms with van der Waals surface area (Å²) in [5.41, 5.74) is 3.43. The Labute approximate surface area is 169 Å². The van der Waals surface area contributed by atoms with Crippen LogP contribution < -0.4 is 5.32 Å². The van der Waals surface area contributed by atoms with Crippen molar-refractivity contribution in [2.75, 3.05) is 19.6 Å². The number of piperazine rings is 1. The molecule has 4 rings (SSSR count). The van der Waals surface area contributed by atoms with Crippen molar-refractivity contribution in [2.45, 2.75) is 46.7 Å². The lowest BCUT2D eigenvalue weighted by atomic mass is 10.0. The first-order valence-electron chi connectivity index (χ1n) is 9.84. The third-order valence-corrected chi connectivity index (χ3v) is 6.33. The van der Waals surface area contributed by atoms with Crippen molar-refractivity contribution in [3.63, 3.8) is 0 Å². The van der Waals surface area contributed by atoms with E-state index in [0.29, 0.717) is 12.1 Å². The molecule has 0 aromatic carbocycles. The second-order valence-corrected chi connectivity index (χ2v) is 9.31. The molecule has 0 radical (unpaired) electrons. The standard InChI is InChI=1S/C21H27N5OS/c1-12(2)26-20-18(11-23-26)17(21(27)25-7-6-22-10-13(25)3)9-19(24-20)16-8-14(4)28-15(16)5/h8-9,11-13,22H,6-7,10H2,1-5H3/t13-/m1/s1. The van der Waals surface area contributed by atoms with E-state index in [2.05, 4.69) is 51.1 Å². The van der Waals surface area contributed by atoms with Crippen LogP contribution in [0.1, 0.15) is 46.9 Å². The van der Waals surface area contributed by atoms with E-state index in [1.807, 2.05) is 15.6 Å². The summed E-state index contributed by atoms with van der Waals surface area (Å²) in [5, 5.41) is 8.72. The lowest BCUT2D eigenvalue weighted by Gasteiger charge is -2.34. The van der Waals surface area contributed by atoms with Crippen molar-refractivity contribution in [1.29, 1.82) is 0 Å². The Hall–Kier alpha value is -2.25. The van der Waals surface area contributed by atoms with Crippen molar-refractivity contribution in [3.05, 3.63) is 33.6 Å². The molecule has 6 nitrogen and oxygen atoms in total. The molecular weight excluding hydrogens is 370 g/mol. The van der Waals surface area contributed by atoms with Crippen LogP contribution in [0.4, 0.5) is 0 Å². The molecule has 1 amide bonds. The van der Waals surface area contributed by atoms with E-state index in [9.17, 15) is 4.79 Å². The number of hydrogen-bond acceptors (Lipinski definition) is 5. The van der Waals surface area contributed by atoms with E-state index >= 15 is 0 Å². The van der Waals surface area contributed by atoms with Gasteiger partial charge < -0.3 is 10.2 Å². The molecule has 1 saturated heterocycles. The van der Waals surface area contributed by atoms with Gasteiger partial charge in [-0.1, -0.05) is 0 Å². The van der Waals surface area contributed by atoms with Gasteiger partial charge in [-0.15, -0.1) is 11.3 Å². The van der Waals surface area contributed by atoms with E-state index in [-0.39, 0.29) is 18.0 Å². The minimum atomic E-state index is 0.0653. The molecule has 0 aliphatic carbocycles. The molecule has 0 unspecified atom stereocenters. The lowest BCUT2D eigenvalue weighted by Crippen LogP contribution is -2.52. The normalized spacial score (nSPS) is 17.6. The molecular formula is C21H27N5OS. The first-order chi connectivity index (χ1) is 13.4. The van der Waals surface area contributed by atoms with Crippen molar-refractivity contribution < 1.29 is 4.79 Å². The number of thiophene rings is 1. The summed E-state index contributed by atoms with van der Waals surface area (Å²) in [7, 11) is 0. The smallest absolute Gasteiger partial charge is 0.255 e. The third kappa shape index (κ3) is 3.22. The molecule has 148 valence electrons. The number of nitrogens with zero attached hydrogens (tertiary/aromatic N) is 4. The minimum Gasteiger partial charge on any atom is -0.333 e. The second-order valence-electron chi connectivity index (χ2n) is 7.85. The van der Waals surface area contributed by atoms with Gasteiger partial charge in [-0.25, -0.2) is 9.67 Å². The zero-order chi connectivity index (χ0) is 20.0. The molecule has 0 saturated carbocycles. The largest absolute Gasteiger partial charge is 0.333 e. The highest BCUT2D eigenvalue weighted by molar-refractivity contribution is 7.12. The van der Waals surface area contributed by atoms with Crippen molar-refractivity contribution >= 4 is 28.3 Å². The molecule has 0 spiro atoms. The molecule has 1 N–H and O–H groups in total. The van der Waals surface area contributed by atoms with E-state index in [0.717, 1.165) is 35.4 Å². The Kier molecular flexibility index (Phi) is 4.97. The zero-order valence-electron chi connectivity index (χ0n) is 17.1. The lowest BCUT2D eigenvalue weighted by molar-refractivity contribution is 0.0658. The van der Waals surface area contributed by atoms with E-state index in [1.54, 1.807) is 17.5 Å². The first kappa shape index (κ1) is 19.1. The van der Waals surface area contributed by atoms with Crippen LogP contribution in [0.2, 0.25) is 0 Å². The van der Waals surface area contributed by atoms with Gasteiger partial charge in [0, 0.05) is 47.0 Å². The van der Waals surface area contributed by atoms with Gasteiger partial charge in [0.25, 0.3) is 5.91 Å². The SMILES string of the molecule is Cc1cc(-c2cc(C(=O)N3CCNC[C@H]3C)c3cnn(C(C)C)c3n2)c(C)s1. The molecule has 4 heterocycles. The van der Waals surface area contributed by atoms with Crippen molar-refractivity contribution in [1.82, 2.24) is 25.0 Å². The van der Waals surface area contributed by atoms with Gasteiger partial charge in [0.15, 0.2) is 5.65 Å². The van der Waals surface area contributed by atoms with Gasteiger partial charge >= 0.3 is 0 Å². The van der Waals surface area contributed by atoms with Gasteiger partial charge in [0.1, 0.15) is 0 Å². The summed E-state index contributed by atoms with van der Waals surface area (Å²) in [5.74, 6) is 0.0653. The topological polar surface area (TPSA) is 63.1 Å². The summed E-state index contributed by atoms with van der Waals surface area (Å²) < 4.78 is 1.91. The third-order valence-electron chi connectivity index (χ3n) is 5.37. The highest BCUT2D eigenvalue weighted by atomic mass is 32.1. The summed E-state index contributed by atoms with van der Waals surface area (Å²) in [6, 6.07) is 4.46. The summed E-state index contributed by atoms with van der Waals surface area (Å²) >= 11 is 1.76. The number of nitrogens with one attached hydrogen (secondary N) is 1. The zero-order valence-corrected chi connectivity index (χ0v) is 17.9. The Morgan fingerprint density at radius 3 is 2.75 bits per heavy atom. The Morgan fingerprint density at radius 2 is 2.11 bits per heavy atom. The molecule has 3 aromatic rings. The number of aryl methyl sites for hydroxylation is 2. The van der Waals surface area contributed by atoms with Crippen LogP contribution in [0.25, 0.3) is 22.3 Å². The second kappa shape index (κ2) is 7.29. The monoisotopic (exact) mass is 397 g/mol. The fourth-order valence-corrected chi connectivity index (χ4v) is 4.83. The van der Waals surface area contributed by atoms with Crippen LogP contribution in [-0.2, 0) is 0 Å². The molecule has 7 heteroatoms. The fraction of sp³-hybridized carbons (Fsp3) is 0.476. The molecule has 28 heavy (non-hydrogen) atoms. The van der Waals surface area contributed by atoms with Crippen LogP contribution in [0.5, 0.6) is 0 Å². The van der Waals surface area contributed by atoms with Crippen molar-refractivity contribution in [2.24, 2.45) is 0 Å². The molecule has 1 atom stereocenters. The van der Waals surface area contributed by atoms with Crippen LogP contribution in [0.15, 0.2) is 18.3 Å². The number of rotatable bonds is 3. The maximum absolute atomic E-state index is 13.5. The average Bonchev–Trinajstić information content (AvgIpc) is 3.23. The van der Waals surface area contributed by atoms with Gasteiger partial charge in [-0.2, -0.15) is 5.10 Å². The molecule has 1 aliphatic heterocycles. The number of pyridine rings is 1. The first-order valence-corrected chi connectivity index (χ1v) is 10.7. The number of fused-ring (bicyclic) bond motifs is 1. The van der Waals surface area contributed by atoms with E-state index in [1.165, 1.54) is 9.75 Å². The molecule has 1 aliphatic rings. The number of carbonyl (C=O) groups excluding carboxylic acids is 1. The van der Waals surface area contributed by atoms with Crippen LogP contribution in [0, 0.1) is 13.8 Å². The summed E-state index contributed by atoms with van der Waals surface area (Å²) in [6.07, 6.45) is 1.79. The van der Waals surface area contributed by atoms with Crippen LogP contribution >= 0.6 is 11.3 Å². The summed E-state index contributed by atoms with van der Waals surface area (Å²) in [6.45, 7) is 12.8. The fourth-order valence-electron chi connectivity index (χ4n) is 3.89. The quantitative estimate of drug-likeness (QED) is 0.730. The average molecular weight is 398 g/mol. The van der Waals surface area contributed by atoms with E-state index in [4.69, 9.17) is 4.98 Å². The van der Waals surface area contributed by atoms with Crippen LogP contribution in [-0.4, -0.2) is 51.2 Å². The molecule has 1 fully saturated rings. The highest BCUT2D eigenvalue weighted by Crippen LogP contribution is 2.33. The maximum atomic E-state index is 13.5. The summed E-state index contributed by atoms with van der Waals surface area (Å²) in [4.78, 5) is 22.9. The Morgan fingerprint density at radius 1 is 1.32 bits per heavy atom. The minimum absolute atomic E-state index is 0.0653. The van der Waals surface area contributed by atoms with Gasteiger partial charge in [-0.3, -0.25) is 4.79 Å². The Balaban J connectivity index is 1.91. The van der Waals surface area contributed by atoms with Gasteiger partial charge in [0.05, 0.1) is 22.8 Å². The number of hydrogen-bond donors (Lipinski definition) is 1. The predicted octanol–water partition coefficient (Wildman–Crippen LogP) is 3.79. The predicted molar refractivity (Wildman–Crippen MR) is 114 cm³/mol. The number of aromatic nitrogens is 3. The Bertz CT molecular complexity index is 1040. The molecule has 3 aromatic heterocycles. The van der Waals surface area contributed by atoms with Gasteiger partial charge in [0.2, 0.25) is 0 Å².